The van der Waals surface area contributed by atoms with Crippen molar-refractivity contribution < 1.29 is 8.42 Å². The van der Waals surface area contributed by atoms with Crippen LogP contribution in [0.5, 0.6) is 0 Å². The SMILES string of the molecule is CC1CCN(C2(C)CCS(=O)(=O)C2)CCC(C)N1. The van der Waals surface area contributed by atoms with Crippen molar-refractivity contribution in [2.24, 2.45) is 0 Å². The van der Waals surface area contributed by atoms with Crippen molar-refractivity contribution in [3.05, 3.63) is 0 Å². The molecule has 0 radical (unpaired) electrons. The van der Waals surface area contributed by atoms with Gasteiger partial charge in [-0.3, -0.25) is 4.90 Å². The van der Waals surface area contributed by atoms with Gasteiger partial charge in [0.05, 0.1) is 11.5 Å². The molecule has 1 N–H and O–H groups in total. The minimum atomic E-state index is -2.81. The van der Waals surface area contributed by atoms with Crippen molar-refractivity contribution in [1.82, 2.24) is 10.2 Å². The molecule has 106 valence electrons. The third kappa shape index (κ3) is 3.25. The van der Waals surface area contributed by atoms with Crippen LogP contribution in [0, 0.1) is 0 Å². The van der Waals surface area contributed by atoms with Crippen LogP contribution in [0.3, 0.4) is 0 Å². The number of sulfone groups is 1. The summed E-state index contributed by atoms with van der Waals surface area (Å²) >= 11 is 0. The molecule has 2 rings (SSSR count). The first-order chi connectivity index (χ1) is 8.31. The fourth-order valence-electron chi connectivity index (χ4n) is 3.25. The maximum Gasteiger partial charge on any atom is 0.152 e. The summed E-state index contributed by atoms with van der Waals surface area (Å²) < 4.78 is 23.5. The molecule has 0 aromatic heterocycles. The van der Waals surface area contributed by atoms with E-state index in [1.807, 2.05) is 0 Å². The largest absolute Gasteiger partial charge is 0.312 e. The Morgan fingerprint density at radius 3 is 2.17 bits per heavy atom. The predicted octanol–water partition coefficient (Wildman–Crippen LogP) is 1.03. The summed E-state index contributed by atoms with van der Waals surface area (Å²) in [7, 11) is -2.81. The van der Waals surface area contributed by atoms with Crippen LogP contribution in [0.1, 0.15) is 40.0 Å². The van der Waals surface area contributed by atoms with Crippen LogP contribution in [0.15, 0.2) is 0 Å². The summed E-state index contributed by atoms with van der Waals surface area (Å²) in [5.74, 6) is 0.708. The number of nitrogens with zero attached hydrogens (tertiary/aromatic N) is 1. The van der Waals surface area contributed by atoms with Crippen LogP contribution in [-0.2, 0) is 9.84 Å². The molecule has 18 heavy (non-hydrogen) atoms. The zero-order valence-corrected chi connectivity index (χ0v) is 12.6. The molecule has 0 aliphatic carbocycles. The van der Waals surface area contributed by atoms with Crippen molar-refractivity contribution in [3.63, 3.8) is 0 Å². The second-order valence-corrected chi connectivity index (χ2v) is 8.56. The highest BCUT2D eigenvalue weighted by Crippen LogP contribution is 2.30. The Morgan fingerprint density at radius 1 is 1.17 bits per heavy atom. The molecule has 2 aliphatic heterocycles. The molecule has 0 aromatic carbocycles. The highest BCUT2D eigenvalue weighted by atomic mass is 32.2. The van der Waals surface area contributed by atoms with Crippen LogP contribution in [0.2, 0.25) is 0 Å². The zero-order valence-electron chi connectivity index (χ0n) is 11.8. The minimum absolute atomic E-state index is 0.129. The summed E-state index contributed by atoms with van der Waals surface area (Å²) in [6, 6.07) is 1.04. The average molecular weight is 274 g/mol. The second kappa shape index (κ2) is 5.10. The third-order valence-electron chi connectivity index (χ3n) is 4.48. The molecule has 0 spiro atoms. The minimum Gasteiger partial charge on any atom is -0.312 e. The molecule has 0 bridgehead atoms. The van der Waals surface area contributed by atoms with Crippen LogP contribution >= 0.6 is 0 Å². The molecule has 4 nitrogen and oxygen atoms in total. The van der Waals surface area contributed by atoms with Gasteiger partial charge in [-0.15, -0.1) is 0 Å². The molecule has 0 aromatic rings. The van der Waals surface area contributed by atoms with E-state index in [1.165, 1.54) is 0 Å². The smallest absolute Gasteiger partial charge is 0.152 e. The Morgan fingerprint density at radius 2 is 1.72 bits per heavy atom. The van der Waals surface area contributed by atoms with Crippen LogP contribution < -0.4 is 5.32 Å². The Kier molecular flexibility index (Phi) is 4.04. The molecular formula is C13H26N2O2S. The van der Waals surface area contributed by atoms with Gasteiger partial charge in [-0.05, 0) is 40.0 Å². The lowest BCUT2D eigenvalue weighted by Gasteiger charge is -2.40. The summed E-state index contributed by atoms with van der Waals surface area (Å²) in [6.07, 6.45) is 2.99. The van der Waals surface area contributed by atoms with E-state index in [-0.39, 0.29) is 5.54 Å². The Labute approximate surface area is 111 Å². The van der Waals surface area contributed by atoms with Gasteiger partial charge in [-0.25, -0.2) is 8.42 Å². The molecule has 3 unspecified atom stereocenters. The normalized spacial score (nSPS) is 42.4. The zero-order chi connectivity index (χ0) is 13.4. The summed E-state index contributed by atoms with van der Waals surface area (Å²) in [4.78, 5) is 2.42. The summed E-state index contributed by atoms with van der Waals surface area (Å²) in [5, 5.41) is 3.58. The van der Waals surface area contributed by atoms with Gasteiger partial charge in [0, 0.05) is 30.7 Å². The molecular weight excluding hydrogens is 248 g/mol. The first-order valence-electron chi connectivity index (χ1n) is 7.02. The molecule has 2 saturated heterocycles. The lowest BCUT2D eigenvalue weighted by atomic mass is 9.96. The Bertz CT molecular complexity index is 384. The molecule has 5 heteroatoms. The number of hydrogen-bond acceptors (Lipinski definition) is 4. The van der Waals surface area contributed by atoms with E-state index in [2.05, 4.69) is 31.0 Å². The standard InChI is InChI=1S/C13H26N2O2S/c1-11-4-7-15(8-5-12(2)14-11)13(3)6-9-18(16,17)10-13/h11-12,14H,4-10H2,1-3H3. The van der Waals surface area contributed by atoms with Gasteiger partial charge >= 0.3 is 0 Å². The quantitative estimate of drug-likeness (QED) is 0.776. The van der Waals surface area contributed by atoms with Crippen LogP contribution in [-0.4, -0.2) is 55.5 Å². The van der Waals surface area contributed by atoms with Gasteiger partial charge in [0.15, 0.2) is 9.84 Å². The maximum absolute atomic E-state index is 11.7. The summed E-state index contributed by atoms with van der Waals surface area (Å²) in [5.41, 5.74) is -0.129. The van der Waals surface area contributed by atoms with E-state index in [4.69, 9.17) is 0 Å². The Hall–Kier alpha value is -0.130. The summed E-state index contributed by atoms with van der Waals surface area (Å²) in [6.45, 7) is 8.57. The predicted molar refractivity (Wildman–Crippen MR) is 74.5 cm³/mol. The van der Waals surface area contributed by atoms with Gasteiger partial charge in [0.1, 0.15) is 0 Å². The molecule has 2 fully saturated rings. The van der Waals surface area contributed by atoms with Gasteiger partial charge < -0.3 is 5.32 Å². The number of nitrogens with one attached hydrogen (secondary N) is 1. The highest BCUT2D eigenvalue weighted by molar-refractivity contribution is 7.91. The van der Waals surface area contributed by atoms with Crippen molar-refractivity contribution in [3.8, 4) is 0 Å². The average Bonchev–Trinajstić information content (AvgIpc) is 2.51. The van der Waals surface area contributed by atoms with E-state index in [1.54, 1.807) is 0 Å². The Balaban J connectivity index is 2.07. The van der Waals surface area contributed by atoms with E-state index >= 15 is 0 Å². The highest BCUT2D eigenvalue weighted by Gasteiger charge is 2.42. The second-order valence-electron chi connectivity index (χ2n) is 6.37. The van der Waals surface area contributed by atoms with Crippen molar-refractivity contribution in [1.29, 1.82) is 0 Å². The van der Waals surface area contributed by atoms with Crippen LogP contribution in [0.4, 0.5) is 0 Å². The topological polar surface area (TPSA) is 49.4 Å². The first kappa shape index (κ1) is 14.3. The number of hydrogen-bond donors (Lipinski definition) is 1. The van der Waals surface area contributed by atoms with E-state index < -0.39 is 9.84 Å². The lowest BCUT2D eigenvalue weighted by Crippen LogP contribution is -2.52. The number of rotatable bonds is 1. The van der Waals surface area contributed by atoms with Crippen LogP contribution in [0.25, 0.3) is 0 Å². The van der Waals surface area contributed by atoms with Crippen molar-refractivity contribution in [2.75, 3.05) is 24.6 Å². The molecule has 3 atom stereocenters. The lowest BCUT2D eigenvalue weighted by molar-refractivity contribution is 0.103. The van der Waals surface area contributed by atoms with Gasteiger partial charge in [0.2, 0.25) is 0 Å². The fraction of sp³-hybridized carbons (Fsp3) is 1.00. The molecule has 0 amide bonds. The monoisotopic (exact) mass is 274 g/mol. The molecule has 0 saturated carbocycles. The maximum atomic E-state index is 11.7. The van der Waals surface area contributed by atoms with Gasteiger partial charge in [-0.2, -0.15) is 0 Å². The van der Waals surface area contributed by atoms with Crippen molar-refractivity contribution in [2.45, 2.75) is 57.7 Å². The third-order valence-corrected chi connectivity index (χ3v) is 6.37. The first-order valence-corrected chi connectivity index (χ1v) is 8.84. The van der Waals surface area contributed by atoms with Crippen molar-refractivity contribution >= 4 is 9.84 Å². The van der Waals surface area contributed by atoms with E-state index in [9.17, 15) is 8.42 Å². The molecule has 2 aliphatic rings. The van der Waals surface area contributed by atoms with Gasteiger partial charge in [0.25, 0.3) is 0 Å². The van der Waals surface area contributed by atoms with Gasteiger partial charge in [-0.1, -0.05) is 0 Å². The molecule has 2 heterocycles. The van der Waals surface area contributed by atoms with E-state index in [0.29, 0.717) is 23.6 Å². The van der Waals surface area contributed by atoms with E-state index in [0.717, 1.165) is 32.4 Å². The fourth-order valence-corrected chi connectivity index (χ4v) is 5.42.